The van der Waals surface area contributed by atoms with Crippen molar-refractivity contribution in [3.05, 3.63) is 47.3 Å². The van der Waals surface area contributed by atoms with E-state index in [4.69, 9.17) is 4.74 Å². The van der Waals surface area contributed by atoms with Crippen LogP contribution in [0.4, 0.5) is 4.39 Å². The highest BCUT2D eigenvalue weighted by Gasteiger charge is 2.67. The summed E-state index contributed by atoms with van der Waals surface area (Å²) in [6, 6.07) is 4.78. The van der Waals surface area contributed by atoms with Crippen molar-refractivity contribution in [2.24, 2.45) is 17.3 Å². The summed E-state index contributed by atoms with van der Waals surface area (Å²) in [4.78, 5) is 30.4. The molecule has 0 unspecified atom stereocenters. The Morgan fingerprint density at radius 2 is 2.10 bits per heavy atom. The lowest BCUT2D eigenvalue weighted by Gasteiger charge is -2.34. The molecule has 0 radical (unpaired) electrons. The van der Waals surface area contributed by atoms with E-state index in [-0.39, 0.29) is 29.2 Å². The number of benzene rings is 1. The summed E-state index contributed by atoms with van der Waals surface area (Å²) in [5.74, 6) is -1.26. The van der Waals surface area contributed by atoms with Gasteiger partial charge in [-0.2, -0.15) is 0 Å². The van der Waals surface area contributed by atoms with Crippen LogP contribution < -0.4 is 0 Å². The number of carbonyl (C=O) groups is 2. The second-order valence-electron chi connectivity index (χ2n) is 10.1. The number of hydrogen-bond donors (Lipinski definition) is 0. The lowest BCUT2D eigenvalue weighted by atomic mass is 9.76. The Labute approximate surface area is 170 Å². The predicted octanol–water partition coefficient (Wildman–Crippen LogP) is 2.54. The van der Waals surface area contributed by atoms with E-state index in [1.807, 2.05) is 17.1 Å². The molecule has 4 heterocycles. The van der Waals surface area contributed by atoms with Gasteiger partial charge in [0.15, 0.2) is 0 Å². The molecule has 4 aliphatic heterocycles. The smallest absolute Gasteiger partial charge is 0.230 e. The zero-order valence-corrected chi connectivity index (χ0v) is 17.2. The number of rotatable bonds is 2. The number of fused-ring (bicyclic) bond motifs is 2. The van der Waals surface area contributed by atoms with Gasteiger partial charge in [-0.25, -0.2) is 4.39 Å². The fraction of sp³-hybridized carbons (Fsp3) is 0.565. The van der Waals surface area contributed by atoms with E-state index in [0.29, 0.717) is 32.6 Å². The first-order chi connectivity index (χ1) is 13.7. The molecular weight excluding hydrogens is 371 g/mol. The first-order valence-corrected chi connectivity index (χ1v) is 10.4. The van der Waals surface area contributed by atoms with Crippen molar-refractivity contribution in [3.63, 3.8) is 0 Å². The molecule has 1 aromatic rings. The van der Waals surface area contributed by atoms with Gasteiger partial charge in [-0.3, -0.25) is 9.59 Å². The molecule has 5 rings (SSSR count). The van der Waals surface area contributed by atoms with Crippen LogP contribution in [0.25, 0.3) is 0 Å². The lowest BCUT2D eigenvalue weighted by Crippen LogP contribution is -2.47. The second-order valence-corrected chi connectivity index (χ2v) is 10.1. The molecule has 4 atom stereocenters. The maximum atomic E-state index is 13.7. The van der Waals surface area contributed by atoms with Crippen molar-refractivity contribution < 1.29 is 18.7 Å². The molecule has 0 aliphatic carbocycles. The van der Waals surface area contributed by atoms with Crippen LogP contribution in [-0.4, -0.2) is 53.0 Å². The minimum atomic E-state index is -0.673. The van der Waals surface area contributed by atoms with Gasteiger partial charge in [-0.05, 0) is 35.1 Å². The largest absolute Gasteiger partial charge is 0.360 e. The Balaban J connectivity index is 1.40. The van der Waals surface area contributed by atoms with Gasteiger partial charge >= 0.3 is 0 Å². The van der Waals surface area contributed by atoms with E-state index in [9.17, 15) is 14.0 Å². The zero-order valence-electron chi connectivity index (χ0n) is 17.2. The number of nitrogens with zero attached hydrogens (tertiary/aromatic N) is 2. The number of likely N-dealkylation sites (tertiary alicyclic amines) is 1. The van der Waals surface area contributed by atoms with Crippen molar-refractivity contribution >= 4 is 11.8 Å². The molecule has 0 saturated carbocycles. The van der Waals surface area contributed by atoms with Crippen molar-refractivity contribution in [2.45, 2.75) is 45.4 Å². The number of carbonyl (C=O) groups excluding carboxylic acids is 2. The van der Waals surface area contributed by atoms with Crippen molar-refractivity contribution in [2.75, 3.05) is 19.6 Å². The molecular formula is C23H27FN2O3. The monoisotopic (exact) mass is 398 g/mol. The normalized spacial score (nSPS) is 32.7. The first kappa shape index (κ1) is 18.8. The van der Waals surface area contributed by atoms with Crippen molar-refractivity contribution in [1.82, 2.24) is 9.80 Å². The molecule has 6 heteroatoms. The van der Waals surface area contributed by atoms with Crippen LogP contribution in [0, 0.1) is 23.1 Å². The summed E-state index contributed by atoms with van der Waals surface area (Å²) >= 11 is 0. The van der Waals surface area contributed by atoms with E-state index in [0.717, 1.165) is 11.1 Å². The predicted molar refractivity (Wildman–Crippen MR) is 105 cm³/mol. The molecule has 154 valence electrons. The van der Waals surface area contributed by atoms with Crippen LogP contribution in [0.15, 0.2) is 30.4 Å². The third-order valence-electron chi connectivity index (χ3n) is 6.62. The summed E-state index contributed by atoms with van der Waals surface area (Å²) in [6.45, 7) is 8.44. The van der Waals surface area contributed by atoms with Crippen LogP contribution >= 0.6 is 0 Å². The van der Waals surface area contributed by atoms with Crippen LogP contribution in [-0.2, 0) is 27.3 Å². The van der Waals surface area contributed by atoms with Gasteiger partial charge in [0.05, 0.1) is 24.5 Å². The van der Waals surface area contributed by atoms with Gasteiger partial charge in [0, 0.05) is 19.6 Å². The Morgan fingerprint density at radius 3 is 2.86 bits per heavy atom. The van der Waals surface area contributed by atoms with E-state index >= 15 is 0 Å². The summed E-state index contributed by atoms with van der Waals surface area (Å²) in [7, 11) is 0. The highest BCUT2D eigenvalue weighted by atomic mass is 19.1. The molecule has 0 N–H and O–H groups in total. The molecule has 2 bridgehead atoms. The van der Waals surface area contributed by atoms with Crippen LogP contribution in [0.1, 0.15) is 31.9 Å². The number of ether oxygens (including phenoxy) is 1. The number of amides is 2. The van der Waals surface area contributed by atoms with Gasteiger partial charge < -0.3 is 14.5 Å². The minimum absolute atomic E-state index is 0.0210. The minimum Gasteiger partial charge on any atom is -0.360 e. The van der Waals surface area contributed by atoms with E-state index in [1.165, 1.54) is 12.1 Å². The third-order valence-corrected chi connectivity index (χ3v) is 6.62. The maximum absolute atomic E-state index is 13.7. The van der Waals surface area contributed by atoms with Gasteiger partial charge in [0.2, 0.25) is 11.8 Å². The molecule has 2 saturated heterocycles. The Hall–Kier alpha value is -2.21. The SMILES string of the molecule is CC(C)(C)CN1C[C@]23C=C[C@H](O2)[C@@H](C(=O)N2CCc4ccc(F)cc4C2)[C@@H]3C1=O. The maximum Gasteiger partial charge on any atom is 0.230 e. The Kier molecular flexibility index (Phi) is 3.98. The summed E-state index contributed by atoms with van der Waals surface area (Å²) < 4.78 is 19.9. The average molecular weight is 398 g/mol. The van der Waals surface area contributed by atoms with Gasteiger partial charge in [-0.15, -0.1) is 0 Å². The van der Waals surface area contributed by atoms with Crippen molar-refractivity contribution in [3.8, 4) is 0 Å². The van der Waals surface area contributed by atoms with E-state index < -0.39 is 17.4 Å². The first-order valence-electron chi connectivity index (χ1n) is 10.4. The summed E-state index contributed by atoms with van der Waals surface area (Å²) in [6.07, 6.45) is 4.30. The number of hydrogen-bond acceptors (Lipinski definition) is 3. The van der Waals surface area contributed by atoms with Crippen molar-refractivity contribution in [1.29, 1.82) is 0 Å². The topological polar surface area (TPSA) is 49.9 Å². The summed E-state index contributed by atoms with van der Waals surface area (Å²) in [5, 5.41) is 0. The fourth-order valence-electron chi connectivity index (χ4n) is 5.49. The molecule has 2 amide bonds. The van der Waals surface area contributed by atoms with Crippen LogP contribution in [0.5, 0.6) is 0 Å². The Bertz CT molecular complexity index is 921. The summed E-state index contributed by atoms with van der Waals surface area (Å²) in [5.41, 5.74) is 1.25. The Morgan fingerprint density at radius 1 is 1.31 bits per heavy atom. The highest BCUT2D eigenvalue weighted by Crippen LogP contribution is 2.52. The molecule has 1 aromatic carbocycles. The molecule has 29 heavy (non-hydrogen) atoms. The highest BCUT2D eigenvalue weighted by molar-refractivity contribution is 5.93. The second kappa shape index (κ2) is 6.14. The zero-order chi connectivity index (χ0) is 20.6. The van der Waals surface area contributed by atoms with Gasteiger partial charge in [-0.1, -0.05) is 39.0 Å². The molecule has 1 spiro atoms. The lowest BCUT2D eigenvalue weighted by molar-refractivity contribution is -0.144. The van der Waals surface area contributed by atoms with E-state index in [1.54, 1.807) is 11.0 Å². The van der Waals surface area contributed by atoms with Crippen LogP contribution in [0.2, 0.25) is 0 Å². The molecule has 2 fully saturated rings. The molecule has 4 aliphatic rings. The molecule has 0 aromatic heterocycles. The van der Waals surface area contributed by atoms with E-state index in [2.05, 4.69) is 20.8 Å². The van der Waals surface area contributed by atoms with Gasteiger partial charge in [0.1, 0.15) is 11.4 Å². The average Bonchev–Trinajstić information content (AvgIpc) is 3.27. The quantitative estimate of drug-likeness (QED) is 0.720. The third kappa shape index (κ3) is 2.91. The standard InChI is InChI=1S/C23H27FN2O3/c1-22(2,3)12-26-13-23-8-6-17(29-23)18(19(23)21(26)28)20(27)25-9-7-14-4-5-16(24)10-15(14)11-25/h4-6,8,10,17-19H,7,9,11-13H2,1-3H3/t17-,18+,19+,23-/m0/s1. The van der Waals surface area contributed by atoms with Gasteiger partial charge in [0.25, 0.3) is 0 Å². The fourth-order valence-corrected chi connectivity index (χ4v) is 5.49. The molecule has 5 nitrogen and oxygen atoms in total. The number of halogens is 1. The van der Waals surface area contributed by atoms with Crippen LogP contribution in [0.3, 0.4) is 0 Å².